The fraction of sp³-hybridized carbons (Fsp3) is 0.421. The zero-order chi connectivity index (χ0) is 16.4. The standard InChI is InChI=1S/C19H23N2O2/c1-14(2)16-5-4-6-18(11-16)20-8-9-21(15(3)12-20)19(22)17-7-10-23-13-17/h4,6-7,10-11,13-15H,8-9,12H2,1-3H3. The van der Waals surface area contributed by atoms with Gasteiger partial charge >= 0.3 is 0 Å². The molecule has 0 saturated carbocycles. The highest BCUT2D eigenvalue weighted by Gasteiger charge is 2.28. The Morgan fingerprint density at radius 3 is 2.83 bits per heavy atom. The predicted octanol–water partition coefficient (Wildman–Crippen LogP) is 3.55. The lowest BCUT2D eigenvalue weighted by Crippen LogP contribution is -2.54. The van der Waals surface area contributed by atoms with Gasteiger partial charge in [0.05, 0.1) is 11.8 Å². The molecule has 1 unspecified atom stereocenters. The summed E-state index contributed by atoms with van der Waals surface area (Å²) in [6.45, 7) is 8.86. The van der Waals surface area contributed by atoms with Gasteiger partial charge in [0.25, 0.3) is 5.91 Å². The van der Waals surface area contributed by atoms with Crippen LogP contribution in [-0.2, 0) is 0 Å². The van der Waals surface area contributed by atoms with Crippen LogP contribution in [0.3, 0.4) is 0 Å². The minimum Gasteiger partial charge on any atom is -0.472 e. The topological polar surface area (TPSA) is 36.7 Å². The van der Waals surface area contributed by atoms with Crippen LogP contribution in [0.4, 0.5) is 5.69 Å². The molecule has 1 fully saturated rings. The zero-order valence-electron chi connectivity index (χ0n) is 14.0. The van der Waals surface area contributed by atoms with Gasteiger partial charge in [0.2, 0.25) is 0 Å². The van der Waals surface area contributed by atoms with Gasteiger partial charge in [-0.25, -0.2) is 0 Å². The van der Waals surface area contributed by atoms with Gasteiger partial charge in [-0.3, -0.25) is 4.79 Å². The fourth-order valence-corrected chi connectivity index (χ4v) is 3.05. The lowest BCUT2D eigenvalue weighted by Gasteiger charge is -2.41. The summed E-state index contributed by atoms with van der Waals surface area (Å²) in [5, 5.41) is 0. The summed E-state index contributed by atoms with van der Waals surface area (Å²) >= 11 is 0. The number of piperazine rings is 1. The molecule has 23 heavy (non-hydrogen) atoms. The average Bonchev–Trinajstić information content (AvgIpc) is 3.08. The van der Waals surface area contributed by atoms with E-state index in [0.717, 1.165) is 19.6 Å². The number of carbonyl (C=O) groups is 1. The maximum absolute atomic E-state index is 12.5. The summed E-state index contributed by atoms with van der Waals surface area (Å²) in [5.74, 6) is 0.520. The van der Waals surface area contributed by atoms with Crippen LogP contribution < -0.4 is 4.90 Å². The van der Waals surface area contributed by atoms with E-state index < -0.39 is 0 Å². The Morgan fingerprint density at radius 1 is 1.35 bits per heavy atom. The molecule has 3 rings (SSSR count). The summed E-state index contributed by atoms with van der Waals surface area (Å²) in [4.78, 5) is 16.8. The van der Waals surface area contributed by atoms with Crippen LogP contribution in [-0.4, -0.2) is 36.5 Å². The highest BCUT2D eigenvalue weighted by Crippen LogP contribution is 2.24. The van der Waals surface area contributed by atoms with E-state index in [1.54, 1.807) is 12.3 Å². The highest BCUT2D eigenvalue weighted by atomic mass is 16.3. The van der Waals surface area contributed by atoms with E-state index in [-0.39, 0.29) is 11.9 Å². The van der Waals surface area contributed by atoms with E-state index in [1.807, 2.05) is 11.0 Å². The third-order valence-corrected chi connectivity index (χ3v) is 4.45. The SMILES string of the molecule is CC(C)c1[c]ccc(N2CCN(C(=O)c3ccoc3)C(C)C2)c1. The molecular formula is C19H23N2O2. The minimum absolute atomic E-state index is 0.0511. The van der Waals surface area contributed by atoms with E-state index in [9.17, 15) is 4.79 Å². The van der Waals surface area contributed by atoms with Gasteiger partial charge in [-0.15, -0.1) is 0 Å². The molecule has 121 valence electrons. The lowest BCUT2D eigenvalue weighted by atomic mass is 10.0. The molecule has 0 spiro atoms. The first kappa shape index (κ1) is 15.7. The number of anilines is 1. The minimum atomic E-state index is 0.0511. The summed E-state index contributed by atoms with van der Waals surface area (Å²) in [6, 6.07) is 11.5. The monoisotopic (exact) mass is 311 g/mol. The van der Waals surface area contributed by atoms with E-state index in [2.05, 4.69) is 43.9 Å². The van der Waals surface area contributed by atoms with Gasteiger partial charge in [0, 0.05) is 31.4 Å². The molecule has 1 atom stereocenters. The largest absolute Gasteiger partial charge is 0.472 e. The van der Waals surface area contributed by atoms with E-state index in [0.29, 0.717) is 11.5 Å². The molecule has 2 heterocycles. The average molecular weight is 311 g/mol. The van der Waals surface area contributed by atoms with Crippen molar-refractivity contribution < 1.29 is 9.21 Å². The molecular weight excluding hydrogens is 288 g/mol. The highest BCUT2D eigenvalue weighted by molar-refractivity contribution is 5.94. The maximum Gasteiger partial charge on any atom is 0.257 e. The van der Waals surface area contributed by atoms with Crippen LogP contribution in [0.2, 0.25) is 0 Å². The van der Waals surface area contributed by atoms with Crippen molar-refractivity contribution in [2.75, 3.05) is 24.5 Å². The molecule has 1 aliphatic heterocycles. The summed E-state index contributed by atoms with van der Waals surface area (Å²) < 4.78 is 5.03. The maximum atomic E-state index is 12.5. The van der Waals surface area contributed by atoms with Crippen molar-refractivity contribution in [1.82, 2.24) is 4.90 Å². The van der Waals surface area contributed by atoms with Crippen molar-refractivity contribution in [3.8, 4) is 0 Å². The van der Waals surface area contributed by atoms with Crippen molar-refractivity contribution >= 4 is 11.6 Å². The number of furan rings is 1. The van der Waals surface area contributed by atoms with Gasteiger partial charge in [-0.05, 0) is 42.7 Å². The molecule has 1 saturated heterocycles. The molecule has 1 aliphatic rings. The van der Waals surface area contributed by atoms with Crippen molar-refractivity contribution in [1.29, 1.82) is 0 Å². The van der Waals surface area contributed by atoms with Crippen LogP contribution >= 0.6 is 0 Å². The molecule has 0 bridgehead atoms. The summed E-state index contributed by atoms with van der Waals surface area (Å²) in [7, 11) is 0. The lowest BCUT2D eigenvalue weighted by molar-refractivity contribution is 0.0673. The Labute approximate surface area is 137 Å². The molecule has 1 aromatic carbocycles. The number of rotatable bonds is 3. The Hall–Kier alpha value is -2.23. The molecule has 0 aliphatic carbocycles. The molecule has 2 aromatic rings. The third-order valence-electron chi connectivity index (χ3n) is 4.45. The number of benzene rings is 1. The quantitative estimate of drug-likeness (QED) is 0.870. The van der Waals surface area contributed by atoms with E-state index in [4.69, 9.17) is 4.42 Å². The van der Waals surface area contributed by atoms with Crippen LogP contribution in [0.25, 0.3) is 0 Å². The first-order valence-electron chi connectivity index (χ1n) is 8.16. The first-order valence-corrected chi connectivity index (χ1v) is 8.16. The second-order valence-electron chi connectivity index (χ2n) is 6.46. The van der Waals surface area contributed by atoms with Crippen LogP contribution in [0.15, 0.2) is 41.2 Å². The van der Waals surface area contributed by atoms with Gasteiger partial charge in [0.1, 0.15) is 6.26 Å². The van der Waals surface area contributed by atoms with Crippen LogP contribution in [0.5, 0.6) is 0 Å². The number of amides is 1. The smallest absolute Gasteiger partial charge is 0.257 e. The van der Waals surface area contributed by atoms with Crippen molar-refractivity contribution in [2.24, 2.45) is 0 Å². The normalized spacial score (nSPS) is 18.5. The molecule has 0 N–H and O–H groups in total. The van der Waals surface area contributed by atoms with Gasteiger partial charge in [-0.2, -0.15) is 0 Å². The summed E-state index contributed by atoms with van der Waals surface area (Å²) in [5.41, 5.74) is 3.07. The van der Waals surface area contributed by atoms with Crippen molar-refractivity contribution in [3.05, 3.63) is 54.0 Å². The van der Waals surface area contributed by atoms with Crippen molar-refractivity contribution in [3.63, 3.8) is 0 Å². The second kappa shape index (κ2) is 6.49. The zero-order valence-corrected chi connectivity index (χ0v) is 14.0. The fourth-order valence-electron chi connectivity index (χ4n) is 3.05. The predicted molar refractivity (Wildman–Crippen MR) is 90.8 cm³/mol. The number of nitrogens with zero attached hydrogens (tertiary/aromatic N) is 2. The third kappa shape index (κ3) is 3.26. The molecule has 4 heteroatoms. The molecule has 4 nitrogen and oxygen atoms in total. The van der Waals surface area contributed by atoms with Crippen LogP contribution in [0.1, 0.15) is 42.6 Å². The van der Waals surface area contributed by atoms with Gasteiger partial charge < -0.3 is 14.2 Å². The number of hydrogen-bond donors (Lipinski definition) is 0. The van der Waals surface area contributed by atoms with E-state index in [1.165, 1.54) is 17.5 Å². The molecule has 1 radical (unpaired) electrons. The molecule has 1 amide bonds. The Kier molecular flexibility index (Phi) is 4.42. The first-order chi connectivity index (χ1) is 11.1. The number of hydrogen-bond acceptors (Lipinski definition) is 3. The Bertz CT molecular complexity index is 664. The Balaban J connectivity index is 1.71. The van der Waals surface area contributed by atoms with Gasteiger partial charge in [0.15, 0.2) is 0 Å². The Morgan fingerprint density at radius 2 is 2.17 bits per heavy atom. The van der Waals surface area contributed by atoms with Gasteiger partial charge in [-0.1, -0.05) is 19.9 Å². The second-order valence-corrected chi connectivity index (χ2v) is 6.46. The molecule has 1 aromatic heterocycles. The van der Waals surface area contributed by atoms with E-state index >= 15 is 0 Å². The summed E-state index contributed by atoms with van der Waals surface area (Å²) in [6.07, 6.45) is 3.06. The van der Waals surface area contributed by atoms with Crippen LogP contribution in [0, 0.1) is 6.07 Å². The van der Waals surface area contributed by atoms with Crippen molar-refractivity contribution in [2.45, 2.75) is 32.7 Å². The number of carbonyl (C=O) groups excluding carboxylic acids is 1.